The van der Waals surface area contributed by atoms with E-state index in [1.807, 2.05) is 31.2 Å². The number of nitrogens with zero attached hydrogens (tertiary/aromatic N) is 2. The van der Waals surface area contributed by atoms with Crippen molar-refractivity contribution in [2.24, 2.45) is 5.73 Å². The van der Waals surface area contributed by atoms with Crippen LogP contribution in [-0.4, -0.2) is 16.7 Å². The monoisotopic (exact) mass is 261 g/mol. The van der Waals surface area contributed by atoms with E-state index in [4.69, 9.17) is 15.0 Å². The fraction of sp³-hybridized carbons (Fsp3) is 0.429. The smallest absolute Gasteiger partial charge is 0.243 e. The highest BCUT2D eigenvalue weighted by molar-refractivity contribution is 5.63. The number of hydrogen-bond donors (Lipinski definition) is 1. The van der Waals surface area contributed by atoms with Gasteiger partial charge in [0.15, 0.2) is 0 Å². The Morgan fingerprint density at radius 1 is 1.32 bits per heavy atom. The second-order valence-corrected chi connectivity index (χ2v) is 4.28. The first-order valence-electron chi connectivity index (χ1n) is 6.57. The van der Waals surface area contributed by atoms with Crippen molar-refractivity contribution in [3.63, 3.8) is 0 Å². The summed E-state index contributed by atoms with van der Waals surface area (Å²) in [7, 11) is 0. The minimum absolute atomic E-state index is 0.203. The maximum atomic E-state index is 5.97. The quantitative estimate of drug-likeness (QED) is 0.865. The molecule has 1 aromatic heterocycles. The van der Waals surface area contributed by atoms with Gasteiger partial charge in [-0.3, -0.25) is 0 Å². The fourth-order valence-electron chi connectivity index (χ4n) is 1.86. The molecular weight excluding hydrogens is 242 g/mol. The number of benzene rings is 1. The van der Waals surface area contributed by atoms with Crippen LogP contribution in [0.3, 0.4) is 0 Å². The zero-order chi connectivity index (χ0) is 13.7. The van der Waals surface area contributed by atoms with E-state index < -0.39 is 0 Å². The molecule has 0 amide bonds. The average molecular weight is 261 g/mol. The Bertz CT molecular complexity index is 525. The van der Waals surface area contributed by atoms with Crippen molar-refractivity contribution in [1.82, 2.24) is 10.1 Å². The number of nitrogens with two attached hydrogens (primary N) is 1. The molecule has 0 bridgehead atoms. The summed E-state index contributed by atoms with van der Waals surface area (Å²) in [5, 5.41) is 3.99. The van der Waals surface area contributed by atoms with Crippen LogP contribution in [0.2, 0.25) is 0 Å². The first kappa shape index (κ1) is 13.5. The molecule has 2 rings (SSSR count). The summed E-state index contributed by atoms with van der Waals surface area (Å²) in [5.41, 5.74) is 6.79. The normalized spacial score (nSPS) is 12.4. The summed E-state index contributed by atoms with van der Waals surface area (Å²) in [4.78, 5) is 4.36. The highest BCUT2D eigenvalue weighted by Gasteiger charge is 2.17. The lowest BCUT2D eigenvalue weighted by Gasteiger charge is -2.06. The van der Waals surface area contributed by atoms with Crippen LogP contribution >= 0.6 is 0 Å². The van der Waals surface area contributed by atoms with Crippen molar-refractivity contribution in [2.45, 2.75) is 32.7 Å². The van der Waals surface area contributed by atoms with Gasteiger partial charge in [0.1, 0.15) is 5.75 Å². The van der Waals surface area contributed by atoms with Gasteiger partial charge in [0.05, 0.1) is 18.2 Å². The van der Waals surface area contributed by atoms with Crippen molar-refractivity contribution in [3.8, 4) is 17.1 Å². The van der Waals surface area contributed by atoms with Crippen molar-refractivity contribution in [3.05, 3.63) is 30.2 Å². The minimum atomic E-state index is -0.203. The van der Waals surface area contributed by atoms with Gasteiger partial charge in [0.25, 0.3) is 0 Å². The standard InChI is InChI=1S/C14H19N3O2/c1-3-7-11(15)14-16-13(17-19-14)10-8-5-6-9-12(10)18-4-2/h5-6,8-9,11H,3-4,7,15H2,1-2H3/t11-/m0/s1. The molecule has 0 radical (unpaired) electrons. The molecule has 0 aliphatic carbocycles. The molecule has 2 N–H and O–H groups in total. The molecule has 2 aromatic rings. The summed E-state index contributed by atoms with van der Waals surface area (Å²) < 4.78 is 10.8. The molecule has 0 aliphatic heterocycles. The summed E-state index contributed by atoms with van der Waals surface area (Å²) in [6.07, 6.45) is 1.81. The molecule has 0 spiro atoms. The van der Waals surface area contributed by atoms with Crippen LogP contribution in [0.4, 0.5) is 0 Å². The Labute approximate surface area is 112 Å². The SMILES string of the molecule is CCC[C@H](N)c1nc(-c2ccccc2OCC)no1. The van der Waals surface area contributed by atoms with E-state index in [1.165, 1.54) is 0 Å². The predicted molar refractivity (Wildman–Crippen MR) is 72.7 cm³/mol. The third kappa shape index (κ3) is 3.12. The van der Waals surface area contributed by atoms with Gasteiger partial charge >= 0.3 is 0 Å². The topological polar surface area (TPSA) is 74.2 Å². The number of rotatable bonds is 6. The van der Waals surface area contributed by atoms with Crippen LogP contribution in [-0.2, 0) is 0 Å². The number of aromatic nitrogens is 2. The molecule has 0 aliphatic rings. The molecule has 1 heterocycles. The molecule has 0 unspecified atom stereocenters. The van der Waals surface area contributed by atoms with Crippen molar-refractivity contribution >= 4 is 0 Å². The predicted octanol–water partition coefficient (Wildman–Crippen LogP) is 2.94. The molecule has 1 atom stereocenters. The van der Waals surface area contributed by atoms with Crippen LogP contribution in [0.5, 0.6) is 5.75 Å². The van der Waals surface area contributed by atoms with Gasteiger partial charge in [0.2, 0.25) is 11.7 Å². The van der Waals surface area contributed by atoms with E-state index >= 15 is 0 Å². The zero-order valence-electron chi connectivity index (χ0n) is 11.3. The van der Waals surface area contributed by atoms with Crippen LogP contribution in [0.25, 0.3) is 11.4 Å². The van der Waals surface area contributed by atoms with Crippen LogP contribution in [0, 0.1) is 0 Å². The van der Waals surface area contributed by atoms with E-state index in [1.54, 1.807) is 0 Å². The van der Waals surface area contributed by atoms with Crippen LogP contribution in [0.1, 0.15) is 38.6 Å². The maximum Gasteiger partial charge on any atom is 0.243 e. The first-order chi connectivity index (χ1) is 9.26. The van der Waals surface area contributed by atoms with Gasteiger partial charge in [-0.05, 0) is 25.5 Å². The highest BCUT2D eigenvalue weighted by Crippen LogP contribution is 2.28. The van der Waals surface area contributed by atoms with E-state index in [9.17, 15) is 0 Å². The Morgan fingerprint density at radius 3 is 2.84 bits per heavy atom. The molecule has 0 saturated carbocycles. The number of ether oxygens (including phenoxy) is 1. The number of para-hydroxylation sites is 1. The fourth-order valence-corrected chi connectivity index (χ4v) is 1.86. The molecule has 5 nitrogen and oxygen atoms in total. The van der Waals surface area contributed by atoms with Crippen LogP contribution in [0.15, 0.2) is 28.8 Å². The average Bonchev–Trinajstić information content (AvgIpc) is 2.90. The number of hydrogen-bond acceptors (Lipinski definition) is 5. The molecule has 0 fully saturated rings. The van der Waals surface area contributed by atoms with Crippen molar-refractivity contribution in [2.75, 3.05) is 6.61 Å². The van der Waals surface area contributed by atoms with Crippen molar-refractivity contribution in [1.29, 1.82) is 0 Å². The maximum absolute atomic E-state index is 5.97. The summed E-state index contributed by atoms with van der Waals surface area (Å²) in [6, 6.07) is 7.43. The second kappa shape index (κ2) is 6.33. The largest absolute Gasteiger partial charge is 0.493 e. The Balaban J connectivity index is 2.27. The summed E-state index contributed by atoms with van der Waals surface area (Å²) in [6.45, 7) is 4.61. The zero-order valence-corrected chi connectivity index (χ0v) is 11.3. The molecule has 0 saturated heterocycles. The molecule has 1 aromatic carbocycles. The van der Waals surface area contributed by atoms with Gasteiger partial charge in [-0.15, -0.1) is 0 Å². The lowest BCUT2D eigenvalue weighted by atomic mass is 10.1. The van der Waals surface area contributed by atoms with E-state index in [2.05, 4.69) is 17.1 Å². The van der Waals surface area contributed by atoms with E-state index in [0.717, 1.165) is 24.2 Å². The third-order valence-corrected chi connectivity index (χ3v) is 2.79. The summed E-state index contributed by atoms with van der Waals surface area (Å²) >= 11 is 0. The summed E-state index contributed by atoms with van der Waals surface area (Å²) in [5.74, 6) is 1.75. The van der Waals surface area contributed by atoms with E-state index in [0.29, 0.717) is 18.3 Å². The van der Waals surface area contributed by atoms with Gasteiger partial charge in [-0.2, -0.15) is 4.98 Å². The first-order valence-corrected chi connectivity index (χ1v) is 6.57. The lowest BCUT2D eigenvalue weighted by Crippen LogP contribution is -2.09. The highest BCUT2D eigenvalue weighted by atomic mass is 16.5. The van der Waals surface area contributed by atoms with Gasteiger partial charge in [-0.1, -0.05) is 30.6 Å². The Kier molecular flexibility index (Phi) is 4.52. The van der Waals surface area contributed by atoms with Crippen molar-refractivity contribution < 1.29 is 9.26 Å². The minimum Gasteiger partial charge on any atom is -0.493 e. The van der Waals surface area contributed by atoms with Gasteiger partial charge in [-0.25, -0.2) is 0 Å². The van der Waals surface area contributed by atoms with Gasteiger partial charge < -0.3 is 15.0 Å². The molecular formula is C14H19N3O2. The van der Waals surface area contributed by atoms with Crippen LogP contribution < -0.4 is 10.5 Å². The third-order valence-electron chi connectivity index (χ3n) is 2.79. The van der Waals surface area contributed by atoms with E-state index in [-0.39, 0.29) is 6.04 Å². The Morgan fingerprint density at radius 2 is 2.11 bits per heavy atom. The molecule has 19 heavy (non-hydrogen) atoms. The molecule has 102 valence electrons. The molecule has 5 heteroatoms. The van der Waals surface area contributed by atoms with Gasteiger partial charge in [0, 0.05) is 0 Å². The second-order valence-electron chi connectivity index (χ2n) is 4.28. The lowest BCUT2D eigenvalue weighted by molar-refractivity contribution is 0.339. The Hall–Kier alpha value is -1.88.